The SMILES string of the molecule is CCc1cc(Cl)cc2c1O[C@@H](C(F)(F)F)C(C(=O)O)=C2. The lowest BCUT2D eigenvalue weighted by molar-refractivity contribution is -0.187. The average molecular weight is 307 g/mol. The van der Waals surface area contributed by atoms with Gasteiger partial charge >= 0.3 is 12.1 Å². The van der Waals surface area contributed by atoms with Crippen LogP contribution >= 0.6 is 11.6 Å². The number of halogens is 4. The van der Waals surface area contributed by atoms with Crippen LogP contribution in [0.5, 0.6) is 5.75 Å². The molecule has 2 rings (SSSR count). The van der Waals surface area contributed by atoms with Gasteiger partial charge in [-0.2, -0.15) is 13.2 Å². The van der Waals surface area contributed by atoms with Crippen LogP contribution in [0.25, 0.3) is 6.08 Å². The molecule has 1 N–H and O–H groups in total. The fourth-order valence-electron chi connectivity index (χ4n) is 2.03. The van der Waals surface area contributed by atoms with Crippen molar-refractivity contribution in [3.63, 3.8) is 0 Å². The Balaban J connectivity index is 2.62. The largest absolute Gasteiger partial charge is 0.478 e. The van der Waals surface area contributed by atoms with Crippen LogP contribution in [0.15, 0.2) is 17.7 Å². The highest BCUT2D eigenvalue weighted by Crippen LogP contribution is 2.40. The Morgan fingerprint density at radius 3 is 2.60 bits per heavy atom. The lowest BCUT2D eigenvalue weighted by Gasteiger charge is -2.28. The summed E-state index contributed by atoms with van der Waals surface area (Å²) < 4.78 is 43.6. The molecule has 0 radical (unpaired) electrons. The number of aliphatic carboxylic acids is 1. The van der Waals surface area contributed by atoms with Gasteiger partial charge in [0, 0.05) is 10.6 Å². The van der Waals surface area contributed by atoms with Crippen molar-refractivity contribution < 1.29 is 27.8 Å². The van der Waals surface area contributed by atoms with Crippen LogP contribution in [-0.4, -0.2) is 23.4 Å². The van der Waals surface area contributed by atoms with E-state index in [1.165, 1.54) is 12.1 Å². The zero-order chi connectivity index (χ0) is 15.1. The molecule has 1 atom stereocenters. The summed E-state index contributed by atoms with van der Waals surface area (Å²) in [5.41, 5.74) is -0.107. The summed E-state index contributed by atoms with van der Waals surface area (Å²) >= 11 is 5.86. The van der Waals surface area contributed by atoms with Crippen molar-refractivity contribution in [2.75, 3.05) is 0 Å². The van der Waals surface area contributed by atoms with Gasteiger partial charge in [-0.15, -0.1) is 0 Å². The number of rotatable bonds is 2. The molecule has 0 aliphatic carbocycles. The Hall–Kier alpha value is -1.69. The molecule has 7 heteroatoms. The van der Waals surface area contributed by atoms with E-state index in [0.717, 1.165) is 6.08 Å². The van der Waals surface area contributed by atoms with Gasteiger partial charge in [0.15, 0.2) is 0 Å². The molecule has 1 aromatic rings. The minimum Gasteiger partial charge on any atom is -0.478 e. The Labute approximate surface area is 117 Å². The van der Waals surface area contributed by atoms with E-state index >= 15 is 0 Å². The van der Waals surface area contributed by atoms with Crippen molar-refractivity contribution in [1.29, 1.82) is 0 Å². The van der Waals surface area contributed by atoms with Crippen LogP contribution in [0, 0.1) is 0 Å². The van der Waals surface area contributed by atoms with E-state index < -0.39 is 23.8 Å². The van der Waals surface area contributed by atoms with Gasteiger partial charge in [0.05, 0.1) is 5.57 Å². The summed E-state index contributed by atoms with van der Waals surface area (Å²) in [6, 6.07) is 2.89. The maximum Gasteiger partial charge on any atom is 0.430 e. The molecule has 1 heterocycles. The first-order chi connectivity index (χ1) is 9.24. The van der Waals surface area contributed by atoms with Crippen LogP contribution in [0.2, 0.25) is 5.02 Å². The number of carbonyl (C=O) groups is 1. The molecule has 1 aromatic carbocycles. The number of benzene rings is 1. The highest BCUT2D eigenvalue weighted by atomic mass is 35.5. The van der Waals surface area contributed by atoms with Crippen LogP contribution in [0.1, 0.15) is 18.1 Å². The van der Waals surface area contributed by atoms with E-state index in [0.29, 0.717) is 17.0 Å². The fraction of sp³-hybridized carbons (Fsp3) is 0.308. The smallest absolute Gasteiger partial charge is 0.430 e. The molecular weight excluding hydrogens is 297 g/mol. The van der Waals surface area contributed by atoms with Gasteiger partial charge in [-0.1, -0.05) is 18.5 Å². The number of ether oxygens (including phenoxy) is 1. The summed E-state index contributed by atoms with van der Waals surface area (Å²) in [7, 11) is 0. The third-order valence-electron chi connectivity index (χ3n) is 2.91. The van der Waals surface area contributed by atoms with Gasteiger partial charge in [0.25, 0.3) is 0 Å². The molecule has 108 valence electrons. The number of fused-ring (bicyclic) bond motifs is 1. The minimum absolute atomic E-state index is 0.0317. The Bertz CT molecular complexity index is 593. The van der Waals surface area contributed by atoms with E-state index in [1.807, 2.05) is 0 Å². The van der Waals surface area contributed by atoms with Crippen molar-refractivity contribution in [2.45, 2.75) is 25.6 Å². The average Bonchev–Trinajstić information content (AvgIpc) is 2.34. The lowest BCUT2D eigenvalue weighted by Crippen LogP contribution is -2.40. The molecule has 0 spiro atoms. The van der Waals surface area contributed by atoms with Crippen LogP contribution < -0.4 is 4.74 Å². The van der Waals surface area contributed by atoms with Crippen molar-refractivity contribution in [2.24, 2.45) is 0 Å². The Morgan fingerprint density at radius 1 is 1.45 bits per heavy atom. The molecule has 1 aliphatic rings. The zero-order valence-electron chi connectivity index (χ0n) is 10.3. The number of aryl methyl sites for hydroxylation is 1. The predicted molar refractivity (Wildman–Crippen MR) is 66.9 cm³/mol. The second kappa shape index (κ2) is 5.01. The first kappa shape index (κ1) is 14.7. The van der Waals surface area contributed by atoms with Crippen molar-refractivity contribution in [1.82, 2.24) is 0 Å². The second-order valence-electron chi connectivity index (χ2n) is 4.28. The molecule has 1 aliphatic heterocycles. The fourth-order valence-corrected chi connectivity index (χ4v) is 2.28. The third-order valence-corrected chi connectivity index (χ3v) is 3.13. The molecule has 0 amide bonds. The normalized spacial score (nSPS) is 18.1. The van der Waals surface area contributed by atoms with E-state index in [1.54, 1.807) is 6.92 Å². The monoisotopic (exact) mass is 306 g/mol. The van der Waals surface area contributed by atoms with Crippen molar-refractivity contribution in [3.8, 4) is 5.75 Å². The Morgan fingerprint density at radius 2 is 2.10 bits per heavy atom. The van der Waals surface area contributed by atoms with E-state index in [2.05, 4.69) is 0 Å². The minimum atomic E-state index is -4.80. The number of carboxylic acids is 1. The van der Waals surface area contributed by atoms with Crippen LogP contribution in [0.4, 0.5) is 13.2 Å². The first-order valence-corrected chi connectivity index (χ1v) is 6.12. The van der Waals surface area contributed by atoms with Gasteiger partial charge in [-0.25, -0.2) is 4.79 Å². The molecular formula is C13H10ClF3O3. The summed E-state index contributed by atoms with van der Waals surface area (Å²) in [4.78, 5) is 11.0. The maximum atomic E-state index is 12.9. The van der Waals surface area contributed by atoms with E-state index in [9.17, 15) is 18.0 Å². The highest BCUT2D eigenvalue weighted by Gasteiger charge is 2.48. The van der Waals surface area contributed by atoms with Gasteiger partial charge in [-0.3, -0.25) is 0 Å². The molecule has 0 unspecified atom stereocenters. The van der Waals surface area contributed by atoms with E-state index in [4.69, 9.17) is 21.4 Å². The van der Waals surface area contributed by atoms with Gasteiger partial charge in [0.1, 0.15) is 5.75 Å². The summed E-state index contributed by atoms with van der Waals surface area (Å²) in [6.45, 7) is 1.74. The lowest BCUT2D eigenvalue weighted by atomic mass is 9.98. The molecule has 0 saturated carbocycles. The quantitative estimate of drug-likeness (QED) is 0.906. The van der Waals surface area contributed by atoms with Gasteiger partial charge in [0.2, 0.25) is 6.10 Å². The topological polar surface area (TPSA) is 46.5 Å². The number of alkyl halides is 3. The number of hydrogen-bond donors (Lipinski definition) is 1. The van der Waals surface area contributed by atoms with Crippen molar-refractivity contribution >= 4 is 23.6 Å². The summed E-state index contributed by atoms with van der Waals surface area (Å²) in [5, 5.41) is 9.23. The van der Waals surface area contributed by atoms with Crippen LogP contribution in [-0.2, 0) is 11.2 Å². The molecule has 0 aromatic heterocycles. The van der Waals surface area contributed by atoms with E-state index in [-0.39, 0.29) is 11.3 Å². The van der Waals surface area contributed by atoms with Crippen LogP contribution in [0.3, 0.4) is 0 Å². The van der Waals surface area contributed by atoms with Gasteiger partial charge in [-0.05, 0) is 30.2 Å². The molecule has 0 saturated heterocycles. The third kappa shape index (κ3) is 2.60. The van der Waals surface area contributed by atoms with Gasteiger partial charge < -0.3 is 9.84 Å². The summed E-state index contributed by atoms with van der Waals surface area (Å²) in [5.74, 6) is -1.64. The molecule has 20 heavy (non-hydrogen) atoms. The summed E-state index contributed by atoms with van der Waals surface area (Å²) in [6.07, 6.45) is -5.89. The first-order valence-electron chi connectivity index (χ1n) is 5.74. The number of carboxylic acid groups (broad SMARTS) is 1. The predicted octanol–water partition coefficient (Wildman–Crippen LogP) is 3.69. The maximum absolute atomic E-state index is 12.9. The van der Waals surface area contributed by atoms with Crippen molar-refractivity contribution in [3.05, 3.63) is 33.9 Å². The number of hydrogen-bond acceptors (Lipinski definition) is 2. The standard InChI is InChI=1S/C13H10ClF3O3/c1-2-6-3-8(14)4-7-5-9(12(18)19)11(13(15,16)17)20-10(6)7/h3-5,11H,2H2,1H3,(H,18,19)/t11-/m1/s1. The molecule has 0 fully saturated rings. The molecule has 0 bridgehead atoms. The molecule has 3 nitrogen and oxygen atoms in total. The second-order valence-corrected chi connectivity index (χ2v) is 4.72. The Kier molecular flexibility index (Phi) is 3.69. The highest BCUT2D eigenvalue weighted by molar-refractivity contribution is 6.30. The zero-order valence-corrected chi connectivity index (χ0v) is 11.0.